The lowest BCUT2D eigenvalue weighted by Crippen LogP contribution is -2.32. The summed E-state index contributed by atoms with van der Waals surface area (Å²) in [6.45, 7) is 2.97. The van der Waals surface area contributed by atoms with Crippen LogP contribution in [0.3, 0.4) is 0 Å². The summed E-state index contributed by atoms with van der Waals surface area (Å²) in [6, 6.07) is 10.7. The van der Waals surface area contributed by atoms with E-state index in [0.717, 1.165) is 42.1 Å². The van der Waals surface area contributed by atoms with E-state index in [2.05, 4.69) is 20.2 Å². The maximum atomic E-state index is 13.1. The Morgan fingerprint density at radius 3 is 2.69 bits per heavy atom. The molecule has 0 N–H and O–H groups in total. The van der Waals surface area contributed by atoms with Gasteiger partial charge < -0.3 is 4.74 Å². The van der Waals surface area contributed by atoms with Crippen molar-refractivity contribution in [1.29, 1.82) is 0 Å². The first-order valence-electron chi connectivity index (χ1n) is 8.71. The van der Waals surface area contributed by atoms with Crippen LogP contribution in [0.15, 0.2) is 48.8 Å². The van der Waals surface area contributed by atoms with Crippen molar-refractivity contribution in [2.45, 2.75) is 25.3 Å². The van der Waals surface area contributed by atoms with Gasteiger partial charge >= 0.3 is 0 Å². The molecule has 0 aliphatic carbocycles. The summed E-state index contributed by atoms with van der Waals surface area (Å²) in [6.07, 6.45) is 3.62. The molecule has 5 rings (SSSR count). The van der Waals surface area contributed by atoms with Gasteiger partial charge in [-0.15, -0.1) is 5.10 Å². The number of benzene rings is 1. The van der Waals surface area contributed by atoms with Gasteiger partial charge in [-0.2, -0.15) is 0 Å². The Morgan fingerprint density at radius 2 is 1.88 bits per heavy atom. The summed E-state index contributed by atoms with van der Waals surface area (Å²) in [5, 5.41) is 8.81. The van der Waals surface area contributed by atoms with Crippen LogP contribution in [-0.2, 0) is 17.9 Å². The van der Waals surface area contributed by atoms with E-state index in [1.807, 2.05) is 28.9 Å². The molecule has 3 aromatic rings. The van der Waals surface area contributed by atoms with Crippen molar-refractivity contribution in [2.75, 3.05) is 13.1 Å². The average Bonchev–Trinajstić information content (AvgIpc) is 3.27. The molecule has 0 amide bonds. The molecule has 0 bridgehead atoms. The maximum absolute atomic E-state index is 13.1. The minimum Gasteiger partial charge on any atom is -0.368 e. The second kappa shape index (κ2) is 6.26. The van der Waals surface area contributed by atoms with Crippen molar-refractivity contribution in [2.24, 2.45) is 0 Å². The van der Waals surface area contributed by atoms with Crippen LogP contribution in [0.1, 0.15) is 17.3 Å². The van der Waals surface area contributed by atoms with Gasteiger partial charge in [0.1, 0.15) is 11.5 Å². The van der Waals surface area contributed by atoms with Gasteiger partial charge in [0.25, 0.3) is 0 Å². The normalized spacial score (nSPS) is 22.2. The lowest BCUT2D eigenvalue weighted by molar-refractivity contribution is -0.00494. The molecule has 2 atom stereocenters. The molecule has 132 valence electrons. The predicted octanol–water partition coefficient (Wildman–Crippen LogP) is 2.43. The average molecular weight is 351 g/mol. The minimum absolute atomic E-state index is 0.106. The third-order valence-corrected chi connectivity index (χ3v) is 5.13. The van der Waals surface area contributed by atoms with Crippen molar-refractivity contribution in [3.63, 3.8) is 0 Å². The SMILES string of the molecule is Fc1ccc(CN2C[C@@H]3OCc4c(-c5ccncc5)nnn4[C@H]3C2)cc1. The highest BCUT2D eigenvalue weighted by atomic mass is 19.1. The zero-order valence-electron chi connectivity index (χ0n) is 14.1. The molecule has 26 heavy (non-hydrogen) atoms. The van der Waals surface area contributed by atoms with Gasteiger partial charge in [-0.1, -0.05) is 17.3 Å². The highest BCUT2D eigenvalue weighted by Gasteiger charge is 2.40. The summed E-state index contributed by atoms with van der Waals surface area (Å²) in [5.41, 5.74) is 3.98. The Balaban J connectivity index is 1.37. The van der Waals surface area contributed by atoms with E-state index in [1.165, 1.54) is 12.1 Å². The van der Waals surface area contributed by atoms with Crippen LogP contribution >= 0.6 is 0 Å². The third-order valence-electron chi connectivity index (χ3n) is 5.13. The second-order valence-electron chi connectivity index (χ2n) is 6.80. The molecule has 0 spiro atoms. The Bertz CT molecular complexity index is 911. The van der Waals surface area contributed by atoms with Crippen LogP contribution in [-0.4, -0.2) is 44.1 Å². The first kappa shape index (κ1) is 15.6. The zero-order chi connectivity index (χ0) is 17.5. The molecule has 4 heterocycles. The Kier molecular flexibility index (Phi) is 3.76. The van der Waals surface area contributed by atoms with E-state index in [9.17, 15) is 4.39 Å². The van der Waals surface area contributed by atoms with Crippen molar-refractivity contribution >= 4 is 0 Å². The number of halogens is 1. The molecule has 7 heteroatoms. The first-order valence-corrected chi connectivity index (χ1v) is 8.71. The Morgan fingerprint density at radius 1 is 1.08 bits per heavy atom. The number of pyridine rings is 1. The zero-order valence-corrected chi connectivity index (χ0v) is 14.1. The van der Waals surface area contributed by atoms with Crippen LogP contribution in [0.4, 0.5) is 4.39 Å². The second-order valence-corrected chi connectivity index (χ2v) is 6.80. The van der Waals surface area contributed by atoms with Gasteiger partial charge in [-0.05, 0) is 29.8 Å². The van der Waals surface area contributed by atoms with Crippen LogP contribution in [0.2, 0.25) is 0 Å². The molecule has 0 unspecified atom stereocenters. The van der Waals surface area contributed by atoms with Crippen molar-refractivity contribution < 1.29 is 9.13 Å². The number of aromatic nitrogens is 4. The number of hydrogen-bond acceptors (Lipinski definition) is 5. The van der Waals surface area contributed by atoms with E-state index in [1.54, 1.807) is 12.4 Å². The largest absolute Gasteiger partial charge is 0.368 e. The molecular weight excluding hydrogens is 333 g/mol. The Labute approximate surface area is 150 Å². The van der Waals surface area contributed by atoms with Gasteiger partial charge in [-0.3, -0.25) is 9.88 Å². The molecule has 2 aliphatic rings. The Hall–Kier alpha value is -2.64. The number of fused-ring (bicyclic) bond motifs is 3. The topological polar surface area (TPSA) is 56.1 Å². The van der Waals surface area contributed by atoms with Gasteiger partial charge in [0.2, 0.25) is 0 Å². The first-order chi connectivity index (χ1) is 12.8. The van der Waals surface area contributed by atoms with Crippen molar-refractivity contribution in [3.8, 4) is 11.3 Å². The standard InChI is InChI=1S/C19H18FN5O/c20-15-3-1-13(2-4-15)9-24-10-16-18(11-24)26-12-17-19(22-23-25(16)17)14-5-7-21-8-6-14/h1-8,16,18H,9-12H2/t16-,18-/m0/s1. The molecule has 1 aromatic carbocycles. The minimum atomic E-state index is -0.205. The molecule has 2 aliphatic heterocycles. The molecule has 6 nitrogen and oxygen atoms in total. The van der Waals surface area contributed by atoms with E-state index in [-0.39, 0.29) is 18.0 Å². The van der Waals surface area contributed by atoms with Crippen LogP contribution in [0, 0.1) is 5.82 Å². The van der Waals surface area contributed by atoms with E-state index < -0.39 is 0 Å². The number of nitrogens with zero attached hydrogens (tertiary/aromatic N) is 5. The quantitative estimate of drug-likeness (QED) is 0.725. The summed E-state index contributed by atoms with van der Waals surface area (Å²) in [4.78, 5) is 6.38. The van der Waals surface area contributed by atoms with Gasteiger partial charge in [0.15, 0.2) is 0 Å². The number of rotatable bonds is 3. The molecule has 1 saturated heterocycles. The summed E-state index contributed by atoms with van der Waals surface area (Å²) in [7, 11) is 0. The van der Waals surface area contributed by atoms with Crippen molar-refractivity contribution in [3.05, 3.63) is 65.9 Å². The fraction of sp³-hybridized carbons (Fsp3) is 0.316. The third kappa shape index (κ3) is 2.69. The number of likely N-dealkylation sites (tertiary alicyclic amines) is 1. The smallest absolute Gasteiger partial charge is 0.123 e. The molecule has 0 radical (unpaired) electrons. The molecule has 0 saturated carbocycles. The van der Waals surface area contributed by atoms with Crippen LogP contribution in [0.25, 0.3) is 11.3 Å². The lowest BCUT2D eigenvalue weighted by Gasteiger charge is -2.26. The lowest BCUT2D eigenvalue weighted by atomic mass is 10.1. The summed E-state index contributed by atoms with van der Waals surface area (Å²) < 4.78 is 21.2. The molecule has 2 aromatic heterocycles. The van der Waals surface area contributed by atoms with Crippen LogP contribution in [0.5, 0.6) is 0 Å². The highest BCUT2D eigenvalue weighted by molar-refractivity contribution is 5.60. The maximum Gasteiger partial charge on any atom is 0.123 e. The van der Waals surface area contributed by atoms with Crippen LogP contribution < -0.4 is 0 Å². The highest BCUT2D eigenvalue weighted by Crippen LogP contribution is 2.34. The van der Waals surface area contributed by atoms with Gasteiger partial charge in [0, 0.05) is 37.6 Å². The number of hydrogen-bond donors (Lipinski definition) is 0. The molecular formula is C19H18FN5O. The van der Waals surface area contributed by atoms with Crippen molar-refractivity contribution in [1.82, 2.24) is 24.9 Å². The summed E-state index contributed by atoms with van der Waals surface area (Å²) >= 11 is 0. The van der Waals surface area contributed by atoms with Gasteiger partial charge in [0.05, 0.1) is 24.4 Å². The van der Waals surface area contributed by atoms with E-state index in [0.29, 0.717) is 6.61 Å². The van der Waals surface area contributed by atoms with E-state index in [4.69, 9.17) is 4.74 Å². The van der Waals surface area contributed by atoms with E-state index >= 15 is 0 Å². The molecule has 1 fully saturated rings. The fourth-order valence-corrected chi connectivity index (χ4v) is 3.84. The van der Waals surface area contributed by atoms with Gasteiger partial charge in [-0.25, -0.2) is 9.07 Å². The monoisotopic (exact) mass is 351 g/mol. The fourth-order valence-electron chi connectivity index (χ4n) is 3.84. The number of ether oxygens (including phenoxy) is 1. The predicted molar refractivity (Wildman–Crippen MR) is 92.5 cm³/mol. The summed E-state index contributed by atoms with van der Waals surface area (Å²) in [5.74, 6) is -0.205.